The minimum atomic E-state index is -3.68. The highest BCUT2D eigenvalue weighted by Crippen LogP contribution is 2.37. The van der Waals surface area contributed by atoms with Gasteiger partial charge in [-0.15, -0.1) is 10.2 Å². The highest BCUT2D eigenvalue weighted by molar-refractivity contribution is 7.89. The number of aryl methyl sites for hydroxylation is 1. The van der Waals surface area contributed by atoms with Gasteiger partial charge in [-0.3, -0.25) is 4.79 Å². The van der Waals surface area contributed by atoms with Gasteiger partial charge in [0, 0.05) is 48.6 Å². The Morgan fingerprint density at radius 2 is 1.95 bits per heavy atom. The molecule has 1 atom stereocenters. The summed E-state index contributed by atoms with van der Waals surface area (Å²) in [5.41, 5.74) is 2.32. The lowest BCUT2D eigenvalue weighted by Crippen LogP contribution is -2.28. The Labute approximate surface area is 214 Å². The fourth-order valence-corrected chi connectivity index (χ4v) is 6.28. The van der Waals surface area contributed by atoms with Crippen LogP contribution in [-0.2, 0) is 21.4 Å². The summed E-state index contributed by atoms with van der Waals surface area (Å²) >= 11 is 0. The van der Waals surface area contributed by atoms with Crippen LogP contribution in [0.5, 0.6) is 5.75 Å². The second kappa shape index (κ2) is 9.64. The first kappa shape index (κ1) is 25.0. The Hall–Kier alpha value is -3.70. The van der Waals surface area contributed by atoms with Gasteiger partial charge in [-0.05, 0) is 62.2 Å². The quantitative estimate of drug-likeness (QED) is 0.366. The van der Waals surface area contributed by atoms with Crippen molar-refractivity contribution >= 4 is 26.9 Å². The van der Waals surface area contributed by atoms with Gasteiger partial charge in [-0.2, -0.15) is 4.31 Å². The molecule has 0 radical (unpaired) electrons. The van der Waals surface area contributed by atoms with Crippen LogP contribution in [0.25, 0.3) is 22.4 Å². The number of sulfonamides is 1. The molecule has 5 rings (SSSR count). The minimum absolute atomic E-state index is 0.00254. The summed E-state index contributed by atoms with van der Waals surface area (Å²) in [4.78, 5) is 11.8. The Balaban J connectivity index is 1.43. The third kappa shape index (κ3) is 4.96. The SMILES string of the molecule is Cc1nnc(-c2ccc3c(C4CCN(S(=O)(=O)c5ccc(OC(C)C)cc5)C4)cn(CC(=O)O)c3c2)o1. The Morgan fingerprint density at radius 1 is 1.19 bits per heavy atom. The van der Waals surface area contributed by atoms with Gasteiger partial charge in [0.1, 0.15) is 12.3 Å². The Morgan fingerprint density at radius 3 is 2.59 bits per heavy atom. The molecule has 2 aromatic heterocycles. The van der Waals surface area contributed by atoms with Crippen LogP contribution in [0.2, 0.25) is 0 Å². The van der Waals surface area contributed by atoms with Crippen molar-refractivity contribution in [3.8, 4) is 17.2 Å². The number of carboxylic acid groups (broad SMARTS) is 1. The number of benzene rings is 2. The highest BCUT2D eigenvalue weighted by atomic mass is 32.2. The fourth-order valence-electron chi connectivity index (χ4n) is 4.78. The molecule has 3 heterocycles. The monoisotopic (exact) mass is 524 g/mol. The standard InChI is InChI=1S/C26H28N4O6S/c1-16(2)35-20-5-7-21(8-6-20)37(33,34)30-11-10-19(13-30)23-14-29(15-25(31)32)24-12-18(4-9-22(23)24)26-28-27-17(3)36-26/h4-9,12,14,16,19H,10-11,13,15H2,1-3H3,(H,31,32). The molecule has 0 saturated carbocycles. The summed E-state index contributed by atoms with van der Waals surface area (Å²) in [6.07, 6.45) is 2.45. The molecule has 2 aromatic carbocycles. The van der Waals surface area contributed by atoms with E-state index in [0.29, 0.717) is 48.1 Å². The lowest BCUT2D eigenvalue weighted by atomic mass is 9.97. The molecule has 1 N–H and O–H groups in total. The van der Waals surface area contributed by atoms with E-state index in [9.17, 15) is 18.3 Å². The van der Waals surface area contributed by atoms with Crippen molar-refractivity contribution in [2.75, 3.05) is 13.1 Å². The first-order chi connectivity index (χ1) is 17.6. The van der Waals surface area contributed by atoms with E-state index in [1.54, 1.807) is 35.8 Å². The Bertz CT molecular complexity index is 1560. The van der Waals surface area contributed by atoms with E-state index in [-0.39, 0.29) is 23.5 Å². The van der Waals surface area contributed by atoms with E-state index < -0.39 is 16.0 Å². The van der Waals surface area contributed by atoms with Gasteiger partial charge < -0.3 is 18.8 Å². The number of nitrogens with zero attached hydrogens (tertiary/aromatic N) is 4. The van der Waals surface area contributed by atoms with E-state index in [4.69, 9.17) is 9.15 Å². The lowest BCUT2D eigenvalue weighted by molar-refractivity contribution is -0.137. The number of fused-ring (bicyclic) bond motifs is 1. The van der Waals surface area contributed by atoms with Crippen molar-refractivity contribution < 1.29 is 27.5 Å². The second-order valence-corrected chi connectivity index (χ2v) is 11.4. The van der Waals surface area contributed by atoms with E-state index in [0.717, 1.165) is 10.9 Å². The van der Waals surface area contributed by atoms with Crippen molar-refractivity contribution in [2.24, 2.45) is 0 Å². The molecule has 1 unspecified atom stereocenters. The molecule has 1 aliphatic rings. The predicted octanol–water partition coefficient (Wildman–Crippen LogP) is 4.05. The van der Waals surface area contributed by atoms with Gasteiger partial charge in [0.2, 0.25) is 21.8 Å². The molecule has 4 aromatic rings. The zero-order valence-electron chi connectivity index (χ0n) is 20.8. The molecule has 10 nitrogen and oxygen atoms in total. The van der Waals surface area contributed by atoms with Gasteiger partial charge in [0.15, 0.2) is 0 Å². The van der Waals surface area contributed by atoms with Crippen LogP contribution in [0.15, 0.2) is 58.0 Å². The summed E-state index contributed by atoms with van der Waals surface area (Å²) in [6.45, 7) is 5.99. The number of carbonyl (C=O) groups is 1. The maximum atomic E-state index is 13.3. The molecule has 1 fully saturated rings. The van der Waals surface area contributed by atoms with E-state index in [1.165, 1.54) is 4.31 Å². The number of rotatable bonds is 8. The van der Waals surface area contributed by atoms with E-state index in [2.05, 4.69) is 10.2 Å². The largest absolute Gasteiger partial charge is 0.491 e. The summed E-state index contributed by atoms with van der Waals surface area (Å²) in [7, 11) is -3.68. The second-order valence-electron chi connectivity index (χ2n) is 9.45. The third-order valence-electron chi connectivity index (χ3n) is 6.42. The number of ether oxygens (including phenoxy) is 1. The number of aliphatic carboxylic acids is 1. The van der Waals surface area contributed by atoms with Gasteiger partial charge in [-0.1, -0.05) is 6.07 Å². The molecule has 0 aliphatic carbocycles. The minimum Gasteiger partial charge on any atom is -0.491 e. The van der Waals surface area contributed by atoms with Crippen LogP contribution in [0.1, 0.15) is 37.6 Å². The smallest absolute Gasteiger partial charge is 0.323 e. The average molecular weight is 525 g/mol. The van der Waals surface area contributed by atoms with Gasteiger partial charge in [0.05, 0.1) is 11.0 Å². The molecule has 194 valence electrons. The zero-order chi connectivity index (χ0) is 26.3. The van der Waals surface area contributed by atoms with Crippen LogP contribution in [0, 0.1) is 6.92 Å². The number of carboxylic acids is 1. The fraction of sp³-hybridized carbons (Fsp3) is 0.346. The first-order valence-corrected chi connectivity index (χ1v) is 13.5. The number of hydrogen-bond donors (Lipinski definition) is 1. The number of hydrogen-bond acceptors (Lipinski definition) is 7. The average Bonchev–Trinajstić information content (AvgIpc) is 3.58. The van der Waals surface area contributed by atoms with Crippen molar-refractivity contribution in [2.45, 2.75) is 50.7 Å². The molecule has 11 heteroatoms. The van der Waals surface area contributed by atoms with E-state index in [1.807, 2.05) is 38.2 Å². The topological polar surface area (TPSA) is 128 Å². The lowest BCUT2D eigenvalue weighted by Gasteiger charge is -2.17. The van der Waals surface area contributed by atoms with E-state index >= 15 is 0 Å². The van der Waals surface area contributed by atoms with Crippen molar-refractivity contribution in [3.63, 3.8) is 0 Å². The molecule has 37 heavy (non-hydrogen) atoms. The van der Waals surface area contributed by atoms with Crippen LogP contribution < -0.4 is 4.74 Å². The zero-order valence-corrected chi connectivity index (χ0v) is 21.6. The molecule has 1 saturated heterocycles. The first-order valence-electron chi connectivity index (χ1n) is 12.0. The third-order valence-corrected chi connectivity index (χ3v) is 8.30. The molecule has 0 bridgehead atoms. The van der Waals surface area contributed by atoms with Crippen LogP contribution in [0.4, 0.5) is 0 Å². The summed E-state index contributed by atoms with van der Waals surface area (Å²) in [5.74, 6) is 0.364. The molecular formula is C26H28N4O6S. The Kier molecular flexibility index (Phi) is 6.50. The molecule has 1 aliphatic heterocycles. The van der Waals surface area contributed by atoms with Crippen LogP contribution >= 0.6 is 0 Å². The summed E-state index contributed by atoms with van der Waals surface area (Å²) in [5, 5.41) is 18.3. The molecule has 0 spiro atoms. The summed E-state index contributed by atoms with van der Waals surface area (Å²) < 4.78 is 41.0. The van der Waals surface area contributed by atoms with Gasteiger partial charge in [0.25, 0.3) is 0 Å². The van der Waals surface area contributed by atoms with Gasteiger partial charge in [-0.25, -0.2) is 8.42 Å². The normalized spacial score (nSPS) is 16.6. The maximum Gasteiger partial charge on any atom is 0.323 e. The van der Waals surface area contributed by atoms with Crippen molar-refractivity contribution in [1.29, 1.82) is 0 Å². The van der Waals surface area contributed by atoms with Crippen LogP contribution in [0.3, 0.4) is 0 Å². The summed E-state index contributed by atoms with van der Waals surface area (Å²) in [6, 6.07) is 12.1. The van der Waals surface area contributed by atoms with Gasteiger partial charge >= 0.3 is 5.97 Å². The van der Waals surface area contributed by atoms with Crippen molar-refractivity contribution in [1.82, 2.24) is 19.1 Å². The number of aromatic nitrogens is 3. The highest BCUT2D eigenvalue weighted by Gasteiger charge is 2.34. The molecular weight excluding hydrogens is 496 g/mol. The molecule has 0 amide bonds. The van der Waals surface area contributed by atoms with Crippen molar-refractivity contribution in [3.05, 3.63) is 60.1 Å². The predicted molar refractivity (Wildman–Crippen MR) is 136 cm³/mol. The van der Waals surface area contributed by atoms with Crippen LogP contribution in [-0.4, -0.2) is 57.8 Å². The maximum absolute atomic E-state index is 13.3.